The number of nitrogens with one attached hydrogen (secondary N) is 1. The van der Waals surface area contributed by atoms with Crippen molar-refractivity contribution in [2.24, 2.45) is 14.1 Å². The lowest BCUT2D eigenvalue weighted by Crippen LogP contribution is -2.16. The van der Waals surface area contributed by atoms with Gasteiger partial charge in [-0.05, 0) is 6.42 Å². The quantitative estimate of drug-likeness (QED) is 0.813. The minimum atomic E-state index is 0.717. The first kappa shape index (κ1) is 11.8. The van der Waals surface area contributed by atoms with Gasteiger partial charge >= 0.3 is 0 Å². The van der Waals surface area contributed by atoms with E-state index in [1.54, 1.807) is 6.33 Å². The van der Waals surface area contributed by atoms with Crippen LogP contribution in [0.5, 0.6) is 0 Å². The number of nitrogens with zero attached hydrogens (tertiary/aromatic N) is 5. The minimum Gasteiger partial charge on any atom is -0.320 e. The Morgan fingerprint density at radius 1 is 1.29 bits per heavy atom. The molecule has 17 heavy (non-hydrogen) atoms. The van der Waals surface area contributed by atoms with Gasteiger partial charge in [0, 0.05) is 32.4 Å². The van der Waals surface area contributed by atoms with Gasteiger partial charge in [-0.1, -0.05) is 6.92 Å². The molecule has 0 bridgehead atoms. The Kier molecular flexibility index (Phi) is 3.53. The maximum Gasteiger partial charge on any atom is 0.146 e. The van der Waals surface area contributed by atoms with Gasteiger partial charge in [-0.15, -0.1) is 10.2 Å². The van der Waals surface area contributed by atoms with Crippen molar-refractivity contribution in [3.63, 3.8) is 0 Å². The standard InChI is InChI=1S/C11H18N6/c1-4-10-9(7-17(3)15-10)5-12-6-11-14-13-8-16(11)2/h7-8,12H,4-6H2,1-3H3. The van der Waals surface area contributed by atoms with E-state index in [1.807, 2.05) is 23.3 Å². The van der Waals surface area contributed by atoms with E-state index in [-0.39, 0.29) is 0 Å². The van der Waals surface area contributed by atoms with E-state index < -0.39 is 0 Å². The Balaban J connectivity index is 1.92. The lowest BCUT2D eigenvalue weighted by molar-refractivity contribution is 0.634. The predicted octanol–water partition coefficient (Wildman–Crippen LogP) is 0.401. The molecule has 0 amide bonds. The van der Waals surface area contributed by atoms with Crippen LogP contribution in [0.4, 0.5) is 0 Å². The third kappa shape index (κ3) is 2.71. The number of hydrogen-bond acceptors (Lipinski definition) is 4. The first-order valence-electron chi connectivity index (χ1n) is 5.75. The second-order valence-corrected chi connectivity index (χ2v) is 4.09. The highest BCUT2D eigenvalue weighted by Crippen LogP contribution is 2.06. The van der Waals surface area contributed by atoms with Crippen LogP contribution in [-0.4, -0.2) is 24.5 Å². The predicted molar refractivity (Wildman–Crippen MR) is 64.1 cm³/mol. The molecule has 0 aromatic carbocycles. The zero-order chi connectivity index (χ0) is 12.3. The Hall–Kier alpha value is -1.69. The van der Waals surface area contributed by atoms with Crippen LogP contribution in [0.25, 0.3) is 0 Å². The number of aromatic nitrogens is 5. The molecule has 0 aliphatic carbocycles. The molecule has 6 heteroatoms. The first-order valence-corrected chi connectivity index (χ1v) is 5.75. The van der Waals surface area contributed by atoms with Gasteiger partial charge < -0.3 is 9.88 Å². The fourth-order valence-electron chi connectivity index (χ4n) is 1.81. The fraction of sp³-hybridized carbons (Fsp3) is 0.545. The second kappa shape index (κ2) is 5.09. The smallest absolute Gasteiger partial charge is 0.146 e. The van der Waals surface area contributed by atoms with Gasteiger partial charge in [0.25, 0.3) is 0 Å². The summed E-state index contributed by atoms with van der Waals surface area (Å²) in [5.74, 6) is 0.937. The summed E-state index contributed by atoms with van der Waals surface area (Å²) in [7, 11) is 3.89. The number of rotatable bonds is 5. The highest BCUT2D eigenvalue weighted by Gasteiger charge is 2.06. The van der Waals surface area contributed by atoms with Gasteiger partial charge in [0.15, 0.2) is 0 Å². The summed E-state index contributed by atoms with van der Waals surface area (Å²) in [4.78, 5) is 0. The van der Waals surface area contributed by atoms with Crippen molar-refractivity contribution in [1.82, 2.24) is 29.9 Å². The molecule has 92 valence electrons. The van der Waals surface area contributed by atoms with Gasteiger partial charge in [-0.2, -0.15) is 5.10 Å². The van der Waals surface area contributed by atoms with E-state index >= 15 is 0 Å². The van der Waals surface area contributed by atoms with Crippen LogP contribution < -0.4 is 5.32 Å². The summed E-state index contributed by atoms with van der Waals surface area (Å²) in [6, 6.07) is 0. The van der Waals surface area contributed by atoms with Crippen LogP contribution >= 0.6 is 0 Å². The Morgan fingerprint density at radius 2 is 2.12 bits per heavy atom. The van der Waals surface area contributed by atoms with E-state index in [1.165, 1.54) is 5.56 Å². The number of hydrogen-bond donors (Lipinski definition) is 1. The highest BCUT2D eigenvalue weighted by atomic mass is 15.3. The van der Waals surface area contributed by atoms with Crippen molar-refractivity contribution in [2.45, 2.75) is 26.4 Å². The summed E-state index contributed by atoms with van der Waals surface area (Å²) in [6.07, 6.45) is 4.73. The molecular formula is C11H18N6. The van der Waals surface area contributed by atoms with Crippen LogP contribution in [0.15, 0.2) is 12.5 Å². The van der Waals surface area contributed by atoms with E-state index in [4.69, 9.17) is 0 Å². The molecule has 2 heterocycles. The van der Waals surface area contributed by atoms with Gasteiger partial charge in [0.2, 0.25) is 0 Å². The molecule has 2 aromatic rings. The molecule has 2 aromatic heterocycles. The van der Waals surface area contributed by atoms with Crippen molar-refractivity contribution >= 4 is 0 Å². The van der Waals surface area contributed by atoms with E-state index in [2.05, 4.69) is 33.7 Å². The third-order valence-corrected chi connectivity index (χ3v) is 2.73. The molecule has 1 N–H and O–H groups in total. The molecule has 0 aliphatic heterocycles. The molecule has 0 fully saturated rings. The molecule has 0 radical (unpaired) electrons. The molecule has 0 atom stereocenters. The van der Waals surface area contributed by atoms with Crippen molar-refractivity contribution in [2.75, 3.05) is 0 Å². The largest absolute Gasteiger partial charge is 0.320 e. The SMILES string of the molecule is CCc1nn(C)cc1CNCc1nncn1C. The fourth-order valence-corrected chi connectivity index (χ4v) is 1.81. The van der Waals surface area contributed by atoms with Crippen molar-refractivity contribution in [3.05, 3.63) is 29.6 Å². The van der Waals surface area contributed by atoms with E-state index in [0.717, 1.165) is 24.5 Å². The number of aryl methyl sites for hydroxylation is 3. The minimum absolute atomic E-state index is 0.717. The van der Waals surface area contributed by atoms with Gasteiger partial charge in [-0.3, -0.25) is 4.68 Å². The van der Waals surface area contributed by atoms with Crippen LogP contribution in [0, 0.1) is 0 Å². The van der Waals surface area contributed by atoms with Crippen molar-refractivity contribution in [3.8, 4) is 0 Å². The van der Waals surface area contributed by atoms with Crippen molar-refractivity contribution < 1.29 is 0 Å². The maximum atomic E-state index is 4.41. The Labute approximate surface area is 101 Å². The maximum absolute atomic E-state index is 4.41. The zero-order valence-electron chi connectivity index (χ0n) is 10.5. The first-order chi connectivity index (χ1) is 8.20. The molecule has 0 spiro atoms. The highest BCUT2D eigenvalue weighted by molar-refractivity contribution is 5.16. The summed E-state index contributed by atoms with van der Waals surface area (Å²) in [5.41, 5.74) is 2.40. The molecule has 6 nitrogen and oxygen atoms in total. The summed E-state index contributed by atoms with van der Waals surface area (Å²) < 4.78 is 3.77. The Bertz CT molecular complexity index is 484. The summed E-state index contributed by atoms with van der Waals surface area (Å²) in [6.45, 7) is 3.65. The van der Waals surface area contributed by atoms with Crippen LogP contribution in [0.2, 0.25) is 0 Å². The normalized spacial score (nSPS) is 11.0. The molecular weight excluding hydrogens is 216 g/mol. The lowest BCUT2D eigenvalue weighted by atomic mass is 10.2. The van der Waals surface area contributed by atoms with Crippen LogP contribution in [-0.2, 0) is 33.6 Å². The van der Waals surface area contributed by atoms with Crippen molar-refractivity contribution in [1.29, 1.82) is 0 Å². The molecule has 0 saturated carbocycles. The Morgan fingerprint density at radius 3 is 2.76 bits per heavy atom. The molecule has 0 unspecified atom stereocenters. The molecule has 0 saturated heterocycles. The van der Waals surface area contributed by atoms with Crippen LogP contribution in [0.1, 0.15) is 24.0 Å². The zero-order valence-corrected chi connectivity index (χ0v) is 10.5. The van der Waals surface area contributed by atoms with Gasteiger partial charge in [0.05, 0.1) is 12.2 Å². The summed E-state index contributed by atoms with van der Waals surface area (Å²) >= 11 is 0. The van der Waals surface area contributed by atoms with E-state index in [9.17, 15) is 0 Å². The van der Waals surface area contributed by atoms with Gasteiger partial charge in [0.1, 0.15) is 12.2 Å². The average Bonchev–Trinajstić information content (AvgIpc) is 2.86. The van der Waals surface area contributed by atoms with Crippen LogP contribution in [0.3, 0.4) is 0 Å². The average molecular weight is 234 g/mol. The van der Waals surface area contributed by atoms with Gasteiger partial charge in [-0.25, -0.2) is 0 Å². The summed E-state index contributed by atoms with van der Waals surface area (Å²) in [5, 5.41) is 15.6. The van der Waals surface area contributed by atoms with E-state index in [0.29, 0.717) is 6.54 Å². The second-order valence-electron chi connectivity index (χ2n) is 4.09. The topological polar surface area (TPSA) is 60.6 Å². The third-order valence-electron chi connectivity index (χ3n) is 2.73. The lowest BCUT2D eigenvalue weighted by Gasteiger charge is -2.03. The molecule has 2 rings (SSSR count). The molecule has 0 aliphatic rings. The monoisotopic (exact) mass is 234 g/mol.